The van der Waals surface area contributed by atoms with Gasteiger partial charge in [-0.05, 0) is 29.3 Å². The van der Waals surface area contributed by atoms with Gasteiger partial charge in [0.2, 0.25) is 0 Å². The first-order valence-corrected chi connectivity index (χ1v) is 6.94. The number of fused-ring (bicyclic) bond motifs is 1. The summed E-state index contributed by atoms with van der Waals surface area (Å²) in [4.78, 5) is 14.4. The van der Waals surface area contributed by atoms with Crippen molar-refractivity contribution >= 4 is 5.91 Å². The van der Waals surface area contributed by atoms with Crippen LogP contribution in [0.2, 0.25) is 0 Å². The number of amides is 1. The first-order chi connectivity index (χ1) is 10.6. The molecule has 1 heterocycles. The molecular weight excluding hydrogens is 282 g/mol. The number of aromatic hydroxyl groups is 1. The van der Waals surface area contributed by atoms with Gasteiger partial charge in [0.1, 0.15) is 17.2 Å². The molecule has 0 aliphatic carbocycles. The molecule has 0 spiro atoms. The van der Waals surface area contributed by atoms with E-state index in [1.807, 2.05) is 18.2 Å². The molecule has 3 rings (SSSR count). The third kappa shape index (κ3) is 2.45. The Labute approximate surface area is 128 Å². The Bertz CT molecular complexity index is 709. The lowest BCUT2D eigenvalue weighted by Crippen LogP contribution is -2.23. The Morgan fingerprint density at radius 1 is 1.14 bits per heavy atom. The minimum Gasteiger partial charge on any atom is -0.508 e. The summed E-state index contributed by atoms with van der Waals surface area (Å²) < 4.78 is 10.6. The highest BCUT2D eigenvalue weighted by atomic mass is 16.5. The van der Waals surface area contributed by atoms with Gasteiger partial charge in [0.15, 0.2) is 0 Å². The molecule has 1 amide bonds. The van der Waals surface area contributed by atoms with Crippen LogP contribution in [0.25, 0.3) is 0 Å². The highest BCUT2D eigenvalue weighted by Crippen LogP contribution is 2.35. The molecule has 2 aromatic rings. The van der Waals surface area contributed by atoms with Crippen molar-refractivity contribution in [2.75, 3.05) is 14.2 Å². The van der Waals surface area contributed by atoms with Crippen LogP contribution >= 0.6 is 0 Å². The Kier molecular flexibility index (Phi) is 3.63. The number of phenols is 1. The fourth-order valence-electron chi connectivity index (χ4n) is 2.68. The predicted molar refractivity (Wildman–Crippen MR) is 81.2 cm³/mol. The van der Waals surface area contributed by atoms with Crippen molar-refractivity contribution in [3.63, 3.8) is 0 Å². The summed E-state index contributed by atoms with van der Waals surface area (Å²) in [5, 5.41) is 9.33. The molecular formula is C17H17NO4. The van der Waals surface area contributed by atoms with E-state index in [0.717, 1.165) is 11.1 Å². The van der Waals surface area contributed by atoms with Crippen LogP contribution in [0.15, 0.2) is 36.4 Å². The van der Waals surface area contributed by atoms with Gasteiger partial charge in [0, 0.05) is 19.2 Å². The number of hydrogen-bond donors (Lipinski definition) is 1. The Hall–Kier alpha value is -2.69. The molecule has 0 radical (unpaired) electrons. The van der Waals surface area contributed by atoms with Crippen LogP contribution in [0.1, 0.15) is 21.5 Å². The van der Waals surface area contributed by atoms with Gasteiger partial charge < -0.3 is 19.5 Å². The Morgan fingerprint density at radius 3 is 2.50 bits per heavy atom. The predicted octanol–water partition coefficient (Wildman–Crippen LogP) is 2.57. The minimum absolute atomic E-state index is 0.0532. The summed E-state index contributed by atoms with van der Waals surface area (Å²) in [5.74, 6) is 1.37. The van der Waals surface area contributed by atoms with Gasteiger partial charge in [0.05, 0.1) is 19.8 Å². The average molecular weight is 299 g/mol. The summed E-state index contributed by atoms with van der Waals surface area (Å²) >= 11 is 0. The molecule has 114 valence electrons. The van der Waals surface area contributed by atoms with Crippen molar-refractivity contribution in [3.05, 3.63) is 53.1 Å². The smallest absolute Gasteiger partial charge is 0.258 e. The Morgan fingerprint density at radius 2 is 1.86 bits per heavy atom. The van der Waals surface area contributed by atoms with Gasteiger partial charge in [-0.1, -0.05) is 12.1 Å². The molecule has 2 aromatic carbocycles. The molecule has 0 saturated carbocycles. The topological polar surface area (TPSA) is 59.0 Å². The van der Waals surface area contributed by atoms with Gasteiger partial charge in [0.25, 0.3) is 5.91 Å². The standard InChI is InChI=1S/C17H17NO4/c1-21-14-7-12-10-18(9-11-3-5-13(19)6-4-11)17(20)16(12)15(8-14)22-2/h3-8,19H,9-10H2,1-2H3. The zero-order chi connectivity index (χ0) is 15.7. The first kappa shape index (κ1) is 14.3. The highest BCUT2D eigenvalue weighted by Gasteiger charge is 2.31. The van der Waals surface area contributed by atoms with Crippen LogP contribution in [0.5, 0.6) is 17.2 Å². The van der Waals surface area contributed by atoms with E-state index in [0.29, 0.717) is 30.2 Å². The second kappa shape index (κ2) is 5.60. The molecule has 1 N–H and O–H groups in total. The van der Waals surface area contributed by atoms with Crippen molar-refractivity contribution in [2.45, 2.75) is 13.1 Å². The van der Waals surface area contributed by atoms with E-state index in [2.05, 4.69) is 0 Å². The lowest BCUT2D eigenvalue weighted by molar-refractivity contribution is 0.0764. The average Bonchev–Trinajstić information content (AvgIpc) is 2.85. The Balaban J connectivity index is 1.88. The summed E-state index contributed by atoms with van der Waals surface area (Å²) in [5.41, 5.74) is 2.46. The van der Waals surface area contributed by atoms with Crippen molar-refractivity contribution < 1.29 is 19.4 Å². The van der Waals surface area contributed by atoms with Crippen LogP contribution in [0.4, 0.5) is 0 Å². The van der Waals surface area contributed by atoms with E-state index < -0.39 is 0 Å². The number of rotatable bonds is 4. The van der Waals surface area contributed by atoms with Crippen LogP contribution in [-0.4, -0.2) is 30.1 Å². The largest absolute Gasteiger partial charge is 0.508 e. The molecule has 0 fully saturated rings. The lowest BCUT2D eigenvalue weighted by atomic mass is 10.1. The van der Waals surface area contributed by atoms with Crippen LogP contribution in [-0.2, 0) is 13.1 Å². The van der Waals surface area contributed by atoms with E-state index in [-0.39, 0.29) is 11.7 Å². The number of ether oxygens (including phenoxy) is 2. The van der Waals surface area contributed by atoms with Gasteiger partial charge in [-0.2, -0.15) is 0 Å². The molecule has 5 nitrogen and oxygen atoms in total. The van der Waals surface area contributed by atoms with Gasteiger partial charge in [-0.15, -0.1) is 0 Å². The van der Waals surface area contributed by atoms with E-state index in [1.54, 1.807) is 37.3 Å². The maximum atomic E-state index is 12.6. The molecule has 5 heteroatoms. The van der Waals surface area contributed by atoms with E-state index in [1.165, 1.54) is 0 Å². The lowest BCUT2D eigenvalue weighted by Gasteiger charge is -2.15. The molecule has 1 aliphatic heterocycles. The van der Waals surface area contributed by atoms with E-state index in [4.69, 9.17) is 9.47 Å². The zero-order valence-corrected chi connectivity index (χ0v) is 12.5. The fourth-order valence-corrected chi connectivity index (χ4v) is 2.68. The van der Waals surface area contributed by atoms with Crippen molar-refractivity contribution in [3.8, 4) is 17.2 Å². The summed E-state index contributed by atoms with van der Waals surface area (Å²) in [6, 6.07) is 10.4. The third-order valence-electron chi connectivity index (χ3n) is 3.79. The normalized spacial score (nSPS) is 13.2. The molecule has 0 unspecified atom stereocenters. The second-order valence-corrected chi connectivity index (χ2v) is 5.19. The number of benzene rings is 2. The van der Waals surface area contributed by atoms with Crippen molar-refractivity contribution in [1.82, 2.24) is 4.90 Å². The number of carbonyl (C=O) groups is 1. The monoisotopic (exact) mass is 299 g/mol. The minimum atomic E-state index is -0.0532. The van der Waals surface area contributed by atoms with Gasteiger partial charge >= 0.3 is 0 Å². The van der Waals surface area contributed by atoms with Gasteiger partial charge in [-0.25, -0.2) is 0 Å². The number of phenolic OH excluding ortho intramolecular Hbond substituents is 1. The van der Waals surface area contributed by atoms with E-state index in [9.17, 15) is 9.90 Å². The van der Waals surface area contributed by atoms with Crippen molar-refractivity contribution in [2.24, 2.45) is 0 Å². The fraction of sp³-hybridized carbons (Fsp3) is 0.235. The number of methoxy groups -OCH3 is 2. The van der Waals surface area contributed by atoms with Crippen LogP contribution in [0, 0.1) is 0 Å². The summed E-state index contributed by atoms with van der Waals surface area (Å²) in [6.45, 7) is 1.00. The highest BCUT2D eigenvalue weighted by molar-refractivity contribution is 6.01. The molecule has 1 aliphatic rings. The number of hydrogen-bond acceptors (Lipinski definition) is 4. The third-order valence-corrected chi connectivity index (χ3v) is 3.79. The maximum Gasteiger partial charge on any atom is 0.258 e. The first-order valence-electron chi connectivity index (χ1n) is 6.94. The second-order valence-electron chi connectivity index (χ2n) is 5.19. The van der Waals surface area contributed by atoms with Crippen LogP contribution in [0.3, 0.4) is 0 Å². The molecule has 0 bridgehead atoms. The molecule has 0 atom stereocenters. The molecule has 22 heavy (non-hydrogen) atoms. The number of nitrogens with zero attached hydrogens (tertiary/aromatic N) is 1. The summed E-state index contributed by atoms with van der Waals surface area (Å²) in [6.07, 6.45) is 0. The summed E-state index contributed by atoms with van der Waals surface area (Å²) in [7, 11) is 3.14. The van der Waals surface area contributed by atoms with Gasteiger partial charge in [-0.3, -0.25) is 4.79 Å². The van der Waals surface area contributed by atoms with E-state index >= 15 is 0 Å². The quantitative estimate of drug-likeness (QED) is 0.942. The van der Waals surface area contributed by atoms with Crippen molar-refractivity contribution in [1.29, 1.82) is 0 Å². The zero-order valence-electron chi connectivity index (χ0n) is 12.5. The molecule has 0 aromatic heterocycles. The SMILES string of the molecule is COc1cc2c(c(OC)c1)C(=O)N(Cc1ccc(O)cc1)C2. The van der Waals surface area contributed by atoms with Crippen LogP contribution < -0.4 is 9.47 Å². The molecule has 0 saturated heterocycles. The number of carbonyl (C=O) groups excluding carboxylic acids is 1. The maximum absolute atomic E-state index is 12.6.